The summed E-state index contributed by atoms with van der Waals surface area (Å²) < 4.78 is 15.3. The van der Waals surface area contributed by atoms with Gasteiger partial charge in [0.05, 0.1) is 0 Å². The maximum atomic E-state index is 13.9. The van der Waals surface area contributed by atoms with Crippen LogP contribution in [0.4, 0.5) is 4.39 Å². The third kappa shape index (κ3) is 2.55. The highest BCUT2D eigenvalue weighted by atomic mass is 35.5. The van der Waals surface area contributed by atoms with E-state index in [1.165, 1.54) is 16.8 Å². The van der Waals surface area contributed by atoms with Crippen LogP contribution in [-0.4, -0.2) is 14.8 Å². The van der Waals surface area contributed by atoms with Gasteiger partial charge in [-0.05, 0) is 31.2 Å². The first kappa shape index (κ1) is 14.5. The number of benzene rings is 1. The molecule has 2 aromatic heterocycles. The van der Waals surface area contributed by atoms with Crippen molar-refractivity contribution in [1.82, 2.24) is 14.8 Å². The monoisotopic (exact) mass is 317 g/mol. The van der Waals surface area contributed by atoms with Crippen molar-refractivity contribution in [3.05, 3.63) is 80.6 Å². The van der Waals surface area contributed by atoms with E-state index >= 15 is 0 Å². The molecule has 3 rings (SSSR count). The fourth-order valence-electron chi connectivity index (χ4n) is 2.31. The minimum absolute atomic E-state index is 0.131. The van der Waals surface area contributed by atoms with Gasteiger partial charge in [-0.3, -0.25) is 9.89 Å². The second-order valence-electron chi connectivity index (χ2n) is 4.92. The molecule has 0 saturated carbocycles. The third-order valence-electron chi connectivity index (χ3n) is 3.49. The molecule has 6 heteroatoms. The number of halogens is 2. The Hall–Kier alpha value is -2.40. The maximum absolute atomic E-state index is 13.9. The molecule has 0 aliphatic heterocycles. The van der Waals surface area contributed by atoms with E-state index in [1.54, 1.807) is 37.4 Å². The second kappa shape index (κ2) is 5.77. The quantitative estimate of drug-likeness (QED) is 0.806. The van der Waals surface area contributed by atoms with Crippen molar-refractivity contribution >= 4 is 11.6 Å². The summed E-state index contributed by atoms with van der Waals surface area (Å²) in [5, 5.41) is 3.27. The predicted molar refractivity (Wildman–Crippen MR) is 83.1 cm³/mol. The summed E-state index contributed by atoms with van der Waals surface area (Å²) in [6.07, 6.45) is 1.73. The summed E-state index contributed by atoms with van der Waals surface area (Å²) in [7, 11) is 0. The fourth-order valence-corrected chi connectivity index (χ4v) is 2.54. The number of nitrogens with zero attached hydrogens (tertiary/aromatic N) is 2. The predicted octanol–water partition coefficient (Wildman–Crippen LogP) is 3.25. The Balaban J connectivity index is 2.07. The fraction of sp³-hybridized carbons (Fsp3) is 0.125. The second-order valence-corrected chi connectivity index (χ2v) is 5.33. The Morgan fingerprint density at radius 1 is 1.23 bits per heavy atom. The van der Waals surface area contributed by atoms with Gasteiger partial charge < -0.3 is 0 Å². The molecule has 0 aliphatic rings. The van der Waals surface area contributed by atoms with Gasteiger partial charge in [0.2, 0.25) is 0 Å². The molecule has 0 atom stereocenters. The van der Waals surface area contributed by atoms with Crippen molar-refractivity contribution in [1.29, 1.82) is 0 Å². The van der Waals surface area contributed by atoms with Gasteiger partial charge in [0, 0.05) is 34.5 Å². The lowest BCUT2D eigenvalue weighted by Gasteiger charge is -2.04. The normalized spacial score (nSPS) is 10.9. The summed E-state index contributed by atoms with van der Waals surface area (Å²) in [5.41, 5.74) is 1.19. The topological polar surface area (TPSA) is 50.7 Å². The first-order valence-electron chi connectivity index (χ1n) is 6.72. The van der Waals surface area contributed by atoms with Crippen LogP contribution in [0.25, 0.3) is 5.82 Å². The lowest BCUT2D eigenvalue weighted by atomic mass is 10.1. The highest BCUT2D eigenvalue weighted by molar-refractivity contribution is 6.31. The summed E-state index contributed by atoms with van der Waals surface area (Å²) in [4.78, 5) is 16.7. The van der Waals surface area contributed by atoms with Gasteiger partial charge in [-0.1, -0.05) is 23.7 Å². The van der Waals surface area contributed by atoms with E-state index < -0.39 is 5.82 Å². The van der Waals surface area contributed by atoms with Crippen molar-refractivity contribution in [3.63, 3.8) is 0 Å². The van der Waals surface area contributed by atoms with Crippen LogP contribution >= 0.6 is 11.6 Å². The van der Waals surface area contributed by atoms with E-state index in [9.17, 15) is 9.18 Å². The zero-order valence-corrected chi connectivity index (χ0v) is 12.6. The Bertz CT molecular complexity index is 851. The Labute approximate surface area is 131 Å². The molecule has 112 valence electrons. The number of hydrogen-bond donors (Lipinski definition) is 1. The van der Waals surface area contributed by atoms with Crippen LogP contribution < -0.4 is 5.56 Å². The number of nitrogens with one attached hydrogen (secondary N) is 1. The molecule has 2 heterocycles. The molecule has 1 aromatic carbocycles. The van der Waals surface area contributed by atoms with E-state index in [-0.39, 0.29) is 12.0 Å². The molecule has 0 unspecified atom stereocenters. The van der Waals surface area contributed by atoms with Crippen LogP contribution in [0.15, 0.2) is 47.4 Å². The van der Waals surface area contributed by atoms with Crippen molar-refractivity contribution in [2.75, 3.05) is 0 Å². The largest absolute Gasteiger partial charge is 0.294 e. The van der Waals surface area contributed by atoms with E-state index in [0.717, 1.165) is 0 Å². The van der Waals surface area contributed by atoms with Crippen LogP contribution in [0.5, 0.6) is 0 Å². The summed E-state index contributed by atoms with van der Waals surface area (Å²) in [5.74, 6) is 0.0679. The number of pyridine rings is 1. The molecular weight excluding hydrogens is 305 g/mol. The lowest BCUT2D eigenvalue weighted by Crippen LogP contribution is -2.18. The lowest BCUT2D eigenvalue weighted by molar-refractivity contribution is 0.614. The van der Waals surface area contributed by atoms with Crippen molar-refractivity contribution in [2.45, 2.75) is 13.3 Å². The van der Waals surface area contributed by atoms with E-state index in [2.05, 4.69) is 10.1 Å². The standard InChI is InChI=1S/C16H13ClFN3O/c1-10-11(9-12-13(17)5-4-6-14(12)18)16(22)21(20-10)15-7-2-3-8-19-15/h2-8,20H,9H2,1H3. The Kier molecular flexibility index (Phi) is 3.81. The summed E-state index contributed by atoms with van der Waals surface area (Å²) in [6, 6.07) is 9.76. The molecule has 0 amide bonds. The molecule has 3 aromatic rings. The number of rotatable bonds is 3. The van der Waals surface area contributed by atoms with Crippen LogP contribution in [0.3, 0.4) is 0 Å². The van der Waals surface area contributed by atoms with E-state index in [1.807, 2.05) is 0 Å². The number of aryl methyl sites for hydroxylation is 1. The molecule has 1 N–H and O–H groups in total. The molecule has 0 spiro atoms. The van der Waals surface area contributed by atoms with Crippen LogP contribution in [0.2, 0.25) is 5.02 Å². The highest BCUT2D eigenvalue weighted by Crippen LogP contribution is 2.22. The third-order valence-corrected chi connectivity index (χ3v) is 3.84. The van der Waals surface area contributed by atoms with Crippen molar-refractivity contribution < 1.29 is 4.39 Å². The molecule has 0 bridgehead atoms. The van der Waals surface area contributed by atoms with Gasteiger partial charge in [0.1, 0.15) is 5.82 Å². The van der Waals surface area contributed by atoms with Crippen LogP contribution in [-0.2, 0) is 6.42 Å². The van der Waals surface area contributed by atoms with Crippen LogP contribution in [0, 0.1) is 12.7 Å². The van der Waals surface area contributed by atoms with Crippen molar-refractivity contribution in [3.8, 4) is 5.82 Å². The molecule has 0 aliphatic carbocycles. The zero-order chi connectivity index (χ0) is 15.7. The molecule has 4 nitrogen and oxygen atoms in total. The zero-order valence-electron chi connectivity index (χ0n) is 11.8. The van der Waals surface area contributed by atoms with Gasteiger partial charge >= 0.3 is 0 Å². The van der Waals surface area contributed by atoms with Crippen LogP contribution in [0.1, 0.15) is 16.8 Å². The summed E-state index contributed by atoms with van der Waals surface area (Å²) in [6.45, 7) is 1.77. The molecule has 22 heavy (non-hydrogen) atoms. The number of H-pyrrole nitrogens is 1. The SMILES string of the molecule is Cc1[nH]n(-c2ccccn2)c(=O)c1Cc1c(F)cccc1Cl. The van der Waals surface area contributed by atoms with Gasteiger partial charge in [0.25, 0.3) is 5.56 Å². The van der Waals surface area contributed by atoms with E-state index in [4.69, 9.17) is 11.6 Å². The Morgan fingerprint density at radius 3 is 2.73 bits per heavy atom. The first-order valence-corrected chi connectivity index (χ1v) is 7.10. The molecule has 0 saturated heterocycles. The summed E-state index contributed by atoms with van der Waals surface area (Å²) >= 11 is 6.04. The average Bonchev–Trinajstić information content (AvgIpc) is 2.79. The van der Waals surface area contributed by atoms with Crippen molar-refractivity contribution in [2.24, 2.45) is 0 Å². The average molecular weight is 318 g/mol. The van der Waals surface area contributed by atoms with Gasteiger partial charge in [-0.2, -0.15) is 0 Å². The number of hydrogen-bond acceptors (Lipinski definition) is 2. The smallest absolute Gasteiger partial charge is 0.276 e. The van der Waals surface area contributed by atoms with Gasteiger partial charge in [0.15, 0.2) is 5.82 Å². The molecule has 0 fully saturated rings. The minimum atomic E-state index is -0.420. The number of aromatic amines is 1. The first-order chi connectivity index (χ1) is 10.6. The van der Waals surface area contributed by atoms with Gasteiger partial charge in [-0.15, -0.1) is 0 Å². The van der Waals surface area contributed by atoms with E-state index in [0.29, 0.717) is 27.7 Å². The molecular formula is C16H13ClFN3O. The highest BCUT2D eigenvalue weighted by Gasteiger charge is 2.16. The molecule has 0 radical (unpaired) electrons. The van der Waals surface area contributed by atoms with Gasteiger partial charge in [-0.25, -0.2) is 14.1 Å². The maximum Gasteiger partial charge on any atom is 0.276 e. The minimum Gasteiger partial charge on any atom is -0.294 e. The Morgan fingerprint density at radius 2 is 2.05 bits per heavy atom. The number of aromatic nitrogens is 3.